The highest BCUT2D eigenvalue weighted by atomic mass is 35.5. The second-order valence-electron chi connectivity index (χ2n) is 7.19. The highest BCUT2D eigenvalue weighted by Crippen LogP contribution is 2.23. The van der Waals surface area contributed by atoms with Gasteiger partial charge in [-0.1, -0.05) is 49.4 Å². The molecule has 3 aromatic rings. The topological polar surface area (TPSA) is 74.6 Å². The van der Waals surface area contributed by atoms with Crippen molar-refractivity contribution >= 4 is 51.5 Å². The summed E-state index contributed by atoms with van der Waals surface area (Å²) in [6, 6.07) is 8.89. The molecule has 0 aliphatic rings. The Hall–Kier alpha value is -2.34. The summed E-state index contributed by atoms with van der Waals surface area (Å²) in [5, 5.41) is 12.9. The number of aliphatic hydroxyl groups excluding tert-OH is 1. The molecule has 2 aromatic heterocycles. The van der Waals surface area contributed by atoms with Crippen molar-refractivity contribution in [2.45, 2.75) is 26.9 Å². The lowest BCUT2D eigenvalue weighted by Crippen LogP contribution is -2.31. The number of hydrogen-bond acceptors (Lipinski definition) is 5. The third-order valence-corrected chi connectivity index (χ3v) is 6.54. The van der Waals surface area contributed by atoms with Crippen LogP contribution in [0, 0.1) is 11.8 Å². The average Bonchev–Trinajstić information content (AvgIpc) is 3.24. The zero-order chi connectivity index (χ0) is 23.1. The number of fused-ring (bicyclic) bond motifs is 1. The summed E-state index contributed by atoms with van der Waals surface area (Å²) in [4.78, 5) is 29.8. The van der Waals surface area contributed by atoms with Gasteiger partial charge in [-0.05, 0) is 36.9 Å². The minimum absolute atomic E-state index is 0. The number of nitrogens with zero attached hydrogens (tertiary/aromatic N) is 2. The first-order valence-electron chi connectivity index (χ1n) is 10.5. The van der Waals surface area contributed by atoms with Crippen LogP contribution in [0.4, 0.5) is 0 Å². The number of carbonyl (C=O) groups excluding carboxylic acids is 1. The predicted molar refractivity (Wildman–Crippen MR) is 138 cm³/mol. The summed E-state index contributed by atoms with van der Waals surface area (Å²) in [7, 11) is 0. The number of amides is 1. The van der Waals surface area contributed by atoms with Crippen molar-refractivity contribution < 1.29 is 9.90 Å². The summed E-state index contributed by atoms with van der Waals surface area (Å²) in [6.45, 7) is 7.54. The van der Waals surface area contributed by atoms with E-state index in [1.54, 1.807) is 24.4 Å². The summed E-state index contributed by atoms with van der Waals surface area (Å²) >= 11 is 7.31. The zero-order valence-corrected chi connectivity index (χ0v) is 20.9. The second kappa shape index (κ2) is 12.8. The van der Waals surface area contributed by atoms with Crippen molar-refractivity contribution in [1.82, 2.24) is 14.8 Å². The Kier molecular flexibility index (Phi) is 10.4. The van der Waals surface area contributed by atoms with Crippen LogP contribution in [0.25, 0.3) is 10.2 Å². The molecule has 0 saturated carbocycles. The van der Waals surface area contributed by atoms with Gasteiger partial charge in [0.2, 0.25) is 5.43 Å². The molecule has 2 N–H and O–H groups in total. The van der Waals surface area contributed by atoms with E-state index in [4.69, 9.17) is 16.7 Å². The Balaban J connectivity index is 0.00000385. The molecule has 0 bridgehead atoms. The van der Waals surface area contributed by atoms with Gasteiger partial charge in [-0.2, -0.15) is 0 Å². The molecule has 0 aliphatic heterocycles. The van der Waals surface area contributed by atoms with Crippen molar-refractivity contribution in [1.29, 1.82) is 0 Å². The molecular formula is C24H27Cl2N3O3S. The molecule has 1 amide bonds. The SMILES string of the molecule is CCN(CC)CCn1cc(C(=O)NCc2ccc(Cl)cc2)c(=O)c2cc(C#CCO)sc21.Cl. The summed E-state index contributed by atoms with van der Waals surface area (Å²) in [5.41, 5.74) is 0.675. The molecule has 0 spiro atoms. The number of thiophene rings is 1. The van der Waals surface area contributed by atoms with Gasteiger partial charge in [-0.3, -0.25) is 9.59 Å². The Labute approximate surface area is 208 Å². The van der Waals surface area contributed by atoms with Crippen LogP contribution in [-0.4, -0.2) is 46.7 Å². The van der Waals surface area contributed by atoms with E-state index in [0.29, 0.717) is 28.4 Å². The molecule has 2 heterocycles. The van der Waals surface area contributed by atoms with Crippen LogP contribution in [0.1, 0.15) is 34.6 Å². The Morgan fingerprint density at radius 3 is 2.58 bits per heavy atom. The highest BCUT2D eigenvalue weighted by Gasteiger charge is 2.18. The number of halogens is 2. The minimum Gasteiger partial charge on any atom is -0.384 e. The lowest BCUT2D eigenvalue weighted by molar-refractivity contribution is 0.0949. The van der Waals surface area contributed by atoms with E-state index in [9.17, 15) is 9.59 Å². The first-order chi connectivity index (χ1) is 15.5. The van der Waals surface area contributed by atoms with Crippen LogP contribution in [0.5, 0.6) is 0 Å². The molecule has 1 aromatic carbocycles. The molecule has 176 valence electrons. The van der Waals surface area contributed by atoms with Crippen molar-refractivity contribution in [3.05, 3.63) is 67.8 Å². The number of nitrogens with one attached hydrogen (secondary N) is 1. The minimum atomic E-state index is -0.419. The van der Waals surface area contributed by atoms with E-state index in [1.165, 1.54) is 11.3 Å². The number of rotatable bonds is 8. The second-order valence-corrected chi connectivity index (χ2v) is 8.66. The largest absolute Gasteiger partial charge is 0.384 e. The van der Waals surface area contributed by atoms with Crippen molar-refractivity contribution in [2.75, 3.05) is 26.2 Å². The number of carbonyl (C=O) groups is 1. The molecule has 0 radical (unpaired) electrons. The normalized spacial score (nSPS) is 10.6. The quantitative estimate of drug-likeness (QED) is 0.455. The maximum absolute atomic E-state index is 13.1. The smallest absolute Gasteiger partial charge is 0.257 e. The summed E-state index contributed by atoms with van der Waals surface area (Å²) in [6.07, 6.45) is 1.64. The number of hydrogen-bond donors (Lipinski definition) is 2. The molecule has 0 unspecified atom stereocenters. The molecule has 9 heteroatoms. The van der Waals surface area contributed by atoms with Gasteiger partial charge < -0.3 is 19.9 Å². The van der Waals surface area contributed by atoms with Crippen LogP contribution >= 0.6 is 35.3 Å². The Morgan fingerprint density at radius 2 is 1.94 bits per heavy atom. The van der Waals surface area contributed by atoms with Gasteiger partial charge >= 0.3 is 0 Å². The van der Waals surface area contributed by atoms with Crippen molar-refractivity contribution in [3.63, 3.8) is 0 Å². The molecular weight excluding hydrogens is 481 g/mol. The van der Waals surface area contributed by atoms with Gasteiger partial charge in [0.05, 0.1) is 10.3 Å². The molecule has 0 aliphatic carbocycles. The number of benzene rings is 1. The van der Waals surface area contributed by atoms with Crippen LogP contribution in [0.3, 0.4) is 0 Å². The first-order valence-corrected chi connectivity index (χ1v) is 11.7. The van der Waals surface area contributed by atoms with E-state index >= 15 is 0 Å². The zero-order valence-electron chi connectivity index (χ0n) is 18.6. The average molecular weight is 508 g/mol. The first kappa shape index (κ1) is 26.9. The van der Waals surface area contributed by atoms with Crippen LogP contribution in [-0.2, 0) is 13.1 Å². The standard InChI is InChI=1S/C24H26ClN3O3S.ClH/c1-3-27(4-2)11-12-28-16-21(23(31)26-15-17-7-9-18(25)10-8-17)22(30)20-14-19(6-5-13-29)32-24(20)28;/h7-10,14,16,29H,3-4,11-13,15H2,1-2H3,(H,26,31);1H. The molecule has 0 fully saturated rings. The maximum Gasteiger partial charge on any atom is 0.257 e. The van der Waals surface area contributed by atoms with E-state index in [0.717, 1.165) is 30.0 Å². The number of aromatic nitrogens is 1. The van der Waals surface area contributed by atoms with Crippen LogP contribution in [0.2, 0.25) is 5.02 Å². The van der Waals surface area contributed by atoms with Gasteiger partial charge in [0.25, 0.3) is 5.91 Å². The van der Waals surface area contributed by atoms with E-state index in [-0.39, 0.29) is 30.0 Å². The fourth-order valence-corrected chi connectivity index (χ4v) is 4.52. The van der Waals surface area contributed by atoms with Crippen LogP contribution in [0.15, 0.2) is 41.3 Å². The van der Waals surface area contributed by atoms with Crippen molar-refractivity contribution in [2.24, 2.45) is 0 Å². The predicted octanol–water partition coefficient (Wildman–Crippen LogP) is 3.75. The number of pyridine rings is 1. The fraction of sp³-hybridized carbons (Fsp3) is 0.333. The van der Waals surface area contributed by atoms with E-state index < -0.39 is 5.91 Å². The van der Waals surface area contributed by atoms with Crippen molar-refractivity contribution in [3.8, 4) is 11.8 Å². The molecule has 3 rings (SSSR count). The Bertz CT molecular complexity index is 1210. The van der Waals surface area contributed by atoms with Gasteiger partial charge in [-0.15, -0.1) is 23.7 Å². The van der Waals surface area contributed by atoms with E-state index in [2.05, 4.69) is 35.9 Å². The number of aliphatic hydroxyl groups is 1. The molecule has 0 atom stereocenters. The highest BCUT2D eigenvalue weighted by molar-refractivity contribution is 7.19. The van der Waals surface area contributed by atoms with Gasteiger partial charge in [0, 0.05) is 30.9 Å². The lowest BCUT2D eigenvalue weighted by atomic mass is 10.1. The third kappa shape index (κ3) is 6.83. The van der Waals surface area contributed by atoms with Crippen LogP contribution < -0.4 is 10.7 Å². The lowest BCUT2D eigenvalue weighted by Gasteiger charge is -2.19. The fourth-order valence-electron chi connectivity index (χ4n) is 3.36. The summed E-state index contributed by atoms with van der Waals surface area (Å²) < 4.78 is 1.96. The molecule has 0 saturated heterocycles. The molecule has 33 heavy (non-hydrogen) atoms. The van der Waals surface area contributed by atoms with Gasteiger partial charge in [0.1, 0.15) is 17.0 Å². The van der Waals surface area contributed by atoms with Gasteiger partial charge in [0.15, 0.2) is 0 Å². The third-order valence-electron chi connectivity index (χ3n) is 5.20. The van der Waals surface area contributed by atoms with E-state index in [1.807, 2.05) is 16.7 Å². The maximum atomic E-state index is 13.1. The van der Waals surface area contributed by atoms with Gasteiger partial charge in [-0.25, -0.2) is 0 Å². The molecule has 6 nitrogen and oxygen atoms in total. The summed E-state index contributed by atoms with van der Waals surface area (Å²) in [5.74, 6) is 5.07. The Morgan fingerprint density at radius 1 is 1.24 bits per heavy atom. The number of likely N-dealkylation sites (N-methyl/N-ethyl adjacent to an activating group) is 1. The monoisotopic (exact) mass is 507 g/mol.